The van der Waals surface area contributed by atoms with Crippen LogP contribution in [0.2, 0.25) is 0 Å². The summed E-state index contributed by atoms with van der Waals surface area (Å²) in [5, 5.41) is 0.403. The molecule has 0 bridgehead atoms. The zero-order valence-electron chi connectivity index (χ0n) is 12.0. The Kier molecular flexibility index (Phi) is 14.6. The first kappa shape index (κ1) is 19.1. The number of hydrogen-bond donors (Lipinski definition) is 2. The van der Waals surface area contributed by atoms with Gasteiger partial charge in [-0.1, -0.05) is 19.8 Å². The summed E-state index contributed by atoms with van der Waals surface area (Å²) in [4.78, 5) is 11.4. The molecule has 0 spiro atoms. The highest BCUT2D eigenvalue weighted by atomic mass is 32.1. The molecule has 0 saturated carbocycles. The molecule has 0 N–H and O–H groups in total. The highest BCUT2D eigenvalue weighted by molar-refractivity contribution is 7.81. The first-order chi connectivity index (χ1) is 9.20. The Labute approximate surface area is 128 Å². The van der Waals surface area contributed by atoms with Crippen molar-refractivity contribution in [2.24, 2.45) is 0 Å². The fourth-order valence-corrected chi connectivity index (χ4v) is 2.40. The van der Waals surface area contributed by atoms with E-state index in [4.69, 9.17) is 9.47 Å². The van der Waals surface area contributed by atoms with Crippen LogP contribution in [0, 0.1) is 0 Å². The van der Waals surface area contributed by atoms with Gasteiger partial charge >= 0.3 is 5.97 Å². The van der Waals surface area contributed by atoms with Gasteiger partial charge in [0.15, 0.2) is 0 Å². The number of carbonyl (C=O) groups excluding carboxylic acids is 1. The van der Waals surface area contributed by atoms with Gasteiger partial charge < -0.3 is 9.47 Å². The van der Waals surface area contributed by atoms with Gasteiger partial charge in [0, 0.05) is 18.3 Å². The predicted octanol–water partition coefficient (Wildman–Crippen LogP) is 3.53. The molecule has 0 saturated heterocycles. The monoisotopic (exact) mass is 308 g/mol. The molecule has 114 valence electrons. The van der Waals surface area contributed by atoms with Crippen LogP contribution in [-0.4, -0.2) is 36.8 Å². The van der Waals surface area contributed by atoms with Crippen molar-refractivity contribution < 1.29 is 14.3 Å². The molecule has 0 aliphatic heterocycles. The Morgan fingerprint density at radius 3 is 2.58 bits per heavy atom. The summed E-state index contributed by atoms with van der Waals surface area (Å²) in [6, 6.07) is 0. The second kappa shape index (κ2) is 14.5. The van der Waals surface area contributed by atoms with E-state index in [0.717, 1.165) is 50.9 Å². The van der Waals surface area contributed by atoms with Crippen LogP contribution >= 0.6 is 25.3 Å². The molecule has 0 aromatic carbocycles. The van der Waals surface area contributed by atoms with Crippen LogP contribution in [0.5, 0.6) is 0 Å². The van der Waals surface area contributed by atoms with Crippen LogP contribution in [-0.2, 0) is 14.3 Å². The van der Waals surface area contributed by atoms with Crippen LogP contribution in [0.4, 0.5) is 0 Å². The lowest BCUT2D eigenvalue weighted by molar-refractivity contribution is -0.145. The molecule has 0 aliphatic rings. The Bertz CT molecular complexity index is 213. The summed E-state index contributed by atoms with van der Waals surface area (Å²) in [7, 11) is 0. The van der Waals surface area contributed by atoms with Gasteiger partial charge in [0.05, 0.1) is 6.61 Å². The maximum atomic E-state index is 11.4. The molecule has 0 aromatic heterocycles. The number of hydrogen-bond acceptors (Lipinski definition) is 5. The van der Waals surface area contributed by atoms with Gasteiger partial charge in [-0.15, -0.1) is 0 Å². The molecular formula is C14H28O3S2. The fraction of sp³-hybridized carbons (Fsp3) is 0.929. The SMILES string of the molecule is CCCCOCCOC(=O)CCCCC(S)CCS. The Hall–Kier alpha value is 0.130. The summed E-state index contributed by atoms with van der Waals surface area (Å²) in [6.45, 7) is 3.75. The smallest absolute Gasteiger partial charge is 0.305 e. The van der Waals surface area contributed by atoms with Crippen LogP contribution in [0.15, 0.2) is 0 Å². The number of thiol groups is 2. The van der Waals surface area contributed by atoms with E-state index in [2.05, 4.69) is 32.2 Å². The van der Waals surface area contributed by atoms with E-state index in [1.807, 2.05) is 0 Å². The van der Waals surface area contributed by atoms with Gasteiger partial charge in [-0.3, -0.25) is 4.79 Å². The zero-order valence-corrected chi connectivity index (χ0v) is 13.8. The second-order valence-corrected chi connectivity index (χ2v) is 5.78. The van der Waals surface area contributed by atoms with Crippen molar-refractivity contribution in [3.05, 3.63) is 0 Å². The largest absolute Gasteiger partial charge is 0.463 e. The molecule has 0 heterocycles. The van der Waals surface area contributed by atoms with Crippen molar-refractivity contribution in [2.75, 3.05) is 25.6 Å². The zero-order chi connectivity index (χ0) is 14.3. The van der Waals surface area contributed by atoms with E-state index in [9.17, 15) is 4.79 Å². The third-order valence-corrected chi connectivity index (χ3v) is 3.54. The Morgan fingerprint density at radius 1 is 1.11 bits per heavy atom. The Balaban J connectivity index is 3.25. The van der Waals surface area contributed by atoms with Crippen LogP contribution in [0.1, 0.15) is 51.9 Å². The average molecular weight is 309 g/mol. The van der Waals surface area contributed by atoms with E-state index in [1.54, 1.807) is 0 Å². The first-order valence-electron chi connectivity index (χ1n) is 7.23. The third kappa shape index (κ3) is 14.4. The van der Waals surface area contributed by atoms with Crippen molar-refractivity contribution in [1.82, 2.24) is 0 Å². The number of rotatable bonds is 13. The van der Waals surface area contributed by atoms with Crippen LogP contribution in [0.25, 0.3) is 0 Å². The van der Waals surface area contributed by atoms with Crippen molar-refractivity contribution in [3.8, 4) is 0 Å². The lowest BCUT2D eigenvalue weighted by atomic mass is 10.1. The van der Waals surface area contributed by atoms with Crippen LogP contribution in [0.3, 0.4) is 0 Å². The van der Waals surface area contributed by atoms with Crippen molar-refractivity contribution in [3.63, 3.8) is 0 Å². The number of ether oxygens (including phenoxy) is 2. The van der Waals surface area contributed by atoms with E-state index in [-0.39, 0.29) is 5.97 Å². The predicted molar refractivity (Wildman–Crippen MR) is 86.4 cm³/mol. The molecule has 3 nitrogen and oxygen atoms in total. The number of carbonyl (C=O) groups is 1. The minimum absolute atomic E-state index is 0.121. The molecular weight excluding hydrogens is 280 g/mol. The lowest BCUT2D eigenvalue weighted by Gasteiger charge is -2.08. The molecule has 0 fully saturated rings. The maximum absolute atomic E-state index is 11.4. The molecule has 19 heavy (non-hydrogen) atoms. The second-order valence-electron chi connectivity index (χ2n) is 4.60. The van der Waals surface area contributed by atoms with Crippen molar-refractivity contribution in [2.45, 2.75) is 57.1 Å². The quantitative estimate of drug-likeness (QED) is 0.310. The molecule has 0 rings (SSSR count). The lowest BCUT2D eigenvalue weighted by Crippen LogP contribution is -2.11. The average Bonchev–Trinajstić information content (AvgIpc) is 2.39. The number of esters is 1. The highest BCUT2D eigenvalue weighted by Crippen LogP contribution is 2.12. The third-order valence-electron chi connectivity index (χ3n) is 2.76. The number of unbranched alkanes of at least 4 members (excludes halogenated alkanes) is 2. The first-order valence-corrected chi connectivity index (χ1v) is 8.37. The normalized spacial score (nSPS) is 12.4. The molecule has 1 unspecified atom stereocenters. The minimum Gasteiger partial charge on any atom is -0.463 e. The van der Waals surface area contributed by atoms with E-state index < -0.39 is 0 Å². The van der Waals surface area contributed by atoms with Crippen molar-refractivity contribution >= 4 is 31.2 Å². The van der Waals surface area contributed by atoms with Gasteiger partial charge in [-0.2, -0.15) is 25.3 Å². The van der Waals surface area contributed by atoms with Gasteiger partial charge in [0.2, 0.25) is 0 Å². The molecule has 5 heteroatoms. The van der Waals surface area contributed by atoms with Gasteiger partial charge in [-0.25, -0.2) is 0 Å². The minimum atomic E-state index is -0.121. The summed E-state index contributed by atoms with van der Waals surface area (Å²) in [5.74, 6) is 0.748. The van der Waals surface area contributed by atoms with E-state index in [0.29, 0.717) is 24.9 Å². The van der Waals surface area contributed by atoms with E-state index >= 15 is 0 Å². The van der Waals surface area contributed by atoms with Crippen LogP contribution < -0.4 is 0 Å². The molecule has 0 radical (unpaired) electrons. The topological polar surface area (TPSA) is 35.5 Å². The fourth-order valence-electron chi connectivity index (χ4n) is 1.58. The van der Waals surface area contributed by atoms with E-state index in [1.165, 1.54) is 0 Å². The van der Waals surface area contributed by atoms with Gasteiger partial charge in [0.25, 0.3) is 0 Å². The summed E-state index contributed by atoms with van der Waals surface area (Å²) >= 11 is 8.62. The molecule has 1 atom stereocenters. The maximum Gasteiger partial charge on any atom is 0.305 e. The molecule has 0 amide bonds. The Morgan fingerprint density at radius 2 is 1.89 bits per heavy atom. The summed E-state index contributed by atoms with van der Waals surface area (Å²) in [6.07, 6.45) is 6.63. The van der Waals surface area contributed by atoms with Crippen molar-refractivity contribution in [1.29, 1.82) is 0 Å². The molecule has 0 aromatic rings. The summed E-state index contributed by atoms with van der Waals surface area (Å²) in [5.41, 5.74) is 0. The van der Waals surface area contributed by atoms with Gasteiger partial charge in [-0.05, 0) is 31.4 Å². The summed E-state index contributed by atoms with van der Waals surface area (Å²) < 4.78 is 10.4. The highest BCUT2D eigenvalue weighted by Gasteiger charge is 2.05. The molecule has 0 aliphatic carbocycles. The standard InChI is InChI=1S/C14H28O3S2/c1-2-3-9-16-10-11-17-14(15)7-5-4-6-13(19)8-12-18/h13,18-19H,2-12H2,1H3. The van der Waals surface area contributed by atoms with Gasteiger partial charge in [0.1, 0.15) is 6.61 Å².